The SMILES string of the molecule is CC1CNc2nc(C(N)=O)nn2C1c1ccccc1F. The normalized spacial score (nSPS) is 21.1. The first-order valence-corrected chi connectivity index (χ1v) is 6.32. The molecule has 0 saturated carbocycles. The first-order chi connectivity index (χ1) is 9.58. The molecule has 1 aromatic carbocycles. The number of nitrogens with zero attached hydrogens (tertiary/aromatic N) is 3. The van der Waals surface area contributed by atoms with Crippen molar-refractivity contribution in [3.63, 3.8) is 0 Å². The minimum atomic E-state index is -0.700. The molecular formula is C13H14FN5O. The number of hydrogen-bond acceptors (Lipinski definition) is 4. The Morgan fingerprint density at radius 2 is 2.25 bits per heavy atom. The van der Waals surface area contributed by atoms with E-state index in [1.807, 2.05) is 6.92 Å². The molecule has 7 heteroatoms. The van der Waals surface area contributed by atoms with Gasteiger partial charge in [-0.3, -0.25) is 4.79 Å². The maximum absolute atomic E-state index is 14.0. The van der Waals surface area contributed by atoms with Crippen LogP contribution in [0.4, 0.5) is 10.3 Å². The molecular weight excluding hydrogens is 261 g/mol. The quantitative estimate of drug-likeness (QED) is 0.861. The molecule has 1 aliphatic heterocycles. The van der Waals surface area contributed by atoms with Crippen LogP contribution in [-0.4, -0.2) is 27.2 Å². The molecule has 3 rings (SSSR count). The minimum Gasteiger partial charge on any atom is -0.363 e. The van der Waals surface area contributed by atoms with Crippen molar-refractivity contribution in [1.29, 1.82) is 0 Å². The number of carbonyl (C=O) groups is 1. The van der Waals surface area contributed by atoms with Crippen molar-refractivity contribution in [2.24, 2.45) is 11.7 Å². The minimum absolute atomic E-state index is 0.0667. The molecule has 0 spiro atoms. The van der Waals surface area contributed by atoms with Crippen LogP contribution in [0.15, 0.2) is 24.3 Å². The molecule has 1 aromatic heterocycles. The zero-order valence-electron chi connectivity index (χ0n) is 10.9. The van der Waals surface area contributed by atoms with Crippen molar-refractivity contribution >= 4 is 11.9 Å². The maximum Gasteiger partial charge on any atom is 0.288 e. The molecule has 0 bridgehead atoms. The third kappa shape index (κ3) is 1.91. The molecule has 1 amide bonds. The molecule has 2 atom stereocenters. The average molecular weight is 275 g/mol. The number of nitrogens with two attached hydrogens (primary N) is 1. The highest BCUT2D eigenvalue weighted by Gasteiger charge is 2.32. The van der Waals surface area contributed by atoms with Gasteiger partial charge in [-0.1, -0.05) is 25.1 Å². The van der Waals surface area contributed by atoms with E-state index >= 15 is 0 Å². The van der Waals surface area contributed by atoms with Crippen LogP contribution in [0.5, 0.6) is 0 Å². The summed E-state index contributed by atoms with van der Waals surface area (Å²) in [7, 11) is 0. The summed E-state index contributed by atoms with van der Waals surface area (Å²) in [6.45, 7) is 2.61. The van der Waals surface area contributed by atoms with Gasteiger partial charge >= 0.3 is 0 Å². The smallest absolute Gasteiger partial charge is 0.288 e. The fraction of sp³-hybridized carbons (Fsp3) is 0.308. The topological polar surface area (TPSA) is 85.8 Å². The Morgan fingerprint density at radius 1 is 1.50 bits per heavy atom. The lowest BCUT2D eigenvalue weighted by Crippen LogP contribution is -2.32. The predicted octanol–water partition coefficient (Wildman–Crippen LogP) is 1.17. The lowest BCUT2D eigenvalue weighted by atomic mass is 9.93. The average Bonchev–Trinajstić information content (AvgIpc) is 2.84. The summed E-state index contributed by atoms with van der Waals surface area (Å²) in [4.78, 5) is 15.2. The number of amides is 1. The Bertz CT molecular complexity index is 669. The van der Waals surface area contributed by atoms with E-state index in [-0.39, 0.29) is 23.6 Å². The molecule has 2 unspecified atom stereocenters. The molecule has 2 aromatic rings. The van der Waals surface area contributed by atoms with Crippen LogP contribution in [0.25, 0.3) is 0 Å². The number of nitrogens with one attached hydrogen (secondary N) is 1. The summed E-state index contributed by atoms with van der Waals surface area (Å²) in [5.74, 6) is -0.531. The number of benzene rings is 1. The van der Waals surface area contributed by atoms with E-state index in [0.29, 0.717) is 18.1 Å². The predicted molar refractivity (Wildman–Crippen MR) is 70.7 cm³/mol. The molecule has 0 fully saturated rings. The Labute approximate surface area is 114 Å². The van der Waals surface area contributed by atoms with Crippen LogP contribution < -0.4 is 11.1 Å². The van der Waals surface area contributed by atoms with E-state index in [9.17, 15) is 9.18 Å². The van der Waals surface area contributed by atoms with Gasteiger partial charge in [-0.15, -0.1) is 5.10 Å². The first-order valence-electron chi connectivity index (χ1n) is 6.32. The number of primary amides is 1. The van der Waals surface area contributed by atoms with Gasteiger partial charge in [0.15, 0.2) is 0 Å². The number of hydrogen-bond donors (Lipinski definition) is 2. The summed E-state index contributed by atoms with van der Waals surface area (Å²) in [5, 5.41) is 7.17. The maximum atomic E-state index is 14.0. The van der Waals surface area contributed by atoms with E-state index in [0.717, 1.165) is 0 Å². The molecule has 6 nitrogen and oxygen atoms in total. The van der Waals surface area contributed by atoms with Gasteiger partial charge in [-0.25, -0.2) is 9.07 Å². The molecule has 0 aliphatic carbocycles. The van der Waals surface area contributed by atoms with Crippen LogP contribution in [0, 0.1) is 11.7 Å². The fourth-order valence-corrected chi connectivity index (χ4v) is 2.50. The lowest BCUT2D eigenvalue weighted by Gasteiger charge is -2.30. The largest absolute Gasteiger partial charge is 0.363 e. The highest BCUT2D eigenvalue weighted by molar-refractivity contribution is 5.89. The summed E-state index contributed by atoms with van der Waals surface area (Å²) in [6, 6.07) is 6.24. The lowest BCUT2D eigenvalue weighted by molar-refractivity contribution is 0.0990. The van der Waals surface area contributed by atoms with Crippen molar-refractivity contribution in [3.8, 4) is 0 Å². The molecule has 0 saturated heterocycles. The summed E-state index contributed by atoms with van der Waals surface area (Å²) in [6.07, 6.45) is 0. The number of fused-ring (bicyclic) bond motifs is 1. The Hall–Kier alpha value is -2.44. The summed E-state index contributed by atoms with van der Waals surface area (Å²) < 4.78 is 15.6. The van der Waals surface area contributed by atoms with Crippen molar-refractivity contribution in [3.05, 3.63) is 41.5 Å². The van der Waals surface area contributed by atoms with E-state index in [1.165, 1.54) is 10.7 Å². The number of carbonyl (C=O) groups excluding carboxylic acids is 1. The highest BCUT2D eigenvalue weighted by Crippen LogP contribution is 2.33. The van der Waals surface area contributed by atoms with Gasteiger partial charge in [0.2, 0.25) is 11.8 Å². The second kappa shape index (κ2) is 4.59. The second-order valence-electron chi connectivity index (χ2n) is 4.89. The Kier molecular flexibility index (Phi) is 2.89. The molecule has 0 radical (unpaired) electrons. The van der Waals surface area contributed by atoms with Crippen molar-refractivity contribution in [1.82, 2.24) is 14.8 Å². The van der Waals surface area contributed by atoms with Crippen LogP contribution in [0.1, 0.15) is 29.1 Å². The molecule has 104 valence electrons. The van der Waals surface area contributed by atoms with Crippen LogP contribution in [0.3, 0.4) is 0 Å². The molecule has 2 heterocycles. The van der Waals surface area contributed by atoms with Crippen LogP contribution in [0.2, 0.25) is 0 Å². The fourth-order valence-electron chi connectivity index (χ4n) is 2.50. The van der Waals surface area contributed by atoms with Gasteiger partial charge in [0, 0.05) is 18.0 Å². The monoisotopic (exact) mass is 275 g/mol. The van der Waals surface area contributed by atoms with Crippen molar-refractivity contribution < 1.29 is 9.18 Å². The van der Waals surface area contributed by atoms with Gasteiger partial charge in [0.1, 0.15) is 5.82 Å². The Morgan fingerprint density at radius 3 is 2.95 bits per heavy atom. The standard InChI is InChI=1S/C13H14FN5O/c1-7-6-16-13-17-12(11(15)20)18-19(13)10(7)8-4-2-3-5-9(8)14/h2-5,7,10H,6H2,1H3,(H2,15,20)(H,16,17,18). The van der Waals surface area contributed by atoms with E-state index < -0.39 is 5.91 Å². The summed E-state index contributed by atoms with van der Waals surface area (Å²) in [5.41, 5.74) is 5.73. The van der Waals surface area contributed by atoms with Gasteiger partial charge in [0.25, 0.3) is 5.91 Å². The van der Waals surface area contributed by atoms with Gasteiger partial charge in [-0.2, -0.15) is 4.98 Å². The third-order valence-electron chi connectivity index (χ3n) is 3.46. The molecule has 1 aliphatic rings. The van der Waals surface area contributed by atoms with Gasteiger partial charge < -0.3 is 11.1 Å². The third-order valence-corrected chi connectivity index (χ3v) is 3.46. The highest BCUT2D eigenvalue weighted by atomic mass is 19.1. The summed E-state index contributed by atoms with van der Waals surface area (Å²) >= 11 is 0. The number of aromatic nitrogens is 3. The second-order valence-corrected chi connectivity index (χ2v) is 4.89. The van der Waals surface area contributed by atoms with Crippen LogP contribution in [-0.2, 0) is 0 Å². The number of anilines is 1. The molecule has 3 N–H and O–H groups in total. The number of rotatable bonds is 2. The van der Waals surface area contributed by atoms with Gasteiger partial charge in [0.05, 0.1) is 6.04 Å². The first kappa shape index (κ1) is 12.6. The van der Waals surface area contributed by atoms with Crippen LogP contribution >= 0.6 is 0 Å². The van der Waals surface area contributed by atoms with E-state index in [1.54, 1.807) is 18.2 Å². The Balaban J connectivity index is 2.12. The zero-order chi connectivity index (χ0) is 14.3. The van der Waals surface area contributed by atoms with Crippen molar-refractivity contribution in [2.75, 3.05) is 11.9 Å². The van der Waals surface area contributed by atoms with Crippen molar-refractivity contribution in [2.45, 2.75) is 13.0 Å². The van der Waals surface area contributed by atoms with E-state index in [2.05, 4.69) is 15.4 Å². The molecule has 20 heavy (non-hydrogen) atoms. The zero-order valence-corrected chi connectivity index (χ0v) is 10.9. The van der Waals surface area contributed by atoms with E-state index in [4.69, 9.17) is 5.73 Å². The number of halogens is 1. The van der Waals surface area contributed by atoms with Gasteiger partial charge in [-0.05, 0) is 6.07 Å².